The van der Waals surface area contributed by atoms with Crippen molar-refractivity contribution in [2.75, 3.05) is 14.2 Å². The molecule has 29 heavy (non-hydrogen) atoms. The van der Waals surface area contributed by atoms with Gasteiger partial charge in [-0.25, -0.2) is 9.99 Å². The summed E-state index contributed by atoms with van der Waals surface area (Å²) in [4.78, 5) is 16.8. The second-order valence-corrected chi connectivity index (χ2v) is 7.15. The van der Waals surface area contributed by atoms with Gasteiger partial charge in [-0.15, -0.1) is 0 Å². The Balaban J connectivity index is 1.74. The van der Waals surface area contributed by atoms with E-state index in [1.807, 2.05) is 48.5 Å². The highest BCUT2D eigenvalue weighted by Crippen LogP contribution is 2.37. The van der Waals surface area contributed by atoms with E-state index in [-0.39, 0.29) is 11.9 Å². The van der Waals surface area contributed by atoms with Crippen molar-refractivity contribution in [2.45, 2.75) is 19.4 Å². The zero-order chi connectivity index (χ0) is 20.5. The Morgan fingerprint density at radius 3 is 2.59 bits per heavy atom. The van der Waals surface area contributed by atoms with Gasteiger partial charge in [-0.3, -0.25) is 4.79 Å². The summed E-state index contributed by atoms with van der Waals surface area (Å²) in [6.07, 6.45) is 0.538. The summed E-state index contributed by atoms with van der Waals surface area (Å²) in [5, 5.41) is 7.33. The minimum absolute atomic E-state index is 0.154. The smallest absolute Gasteiger partial charge is 0.240 e. The third kappa shape index (κ3) is 3.63. The van der Waals surface area contributed by atoms with Crippen LogP contribution < -0.4 is 9.47 Å². The Morgan fingerprint density at radius 1 is 1.10 bits per heavy atom. The fourth-order valence-electron chi connectivity index (χ4n) is 3.52. The third-order valence-corrected chi connectivity index (χ3v) is 5.30. The van der Waals surface area contributed by atoms with Gasteiger partial charge in [0.15, 0.2) is 0 Å². The van der Waals surface area contributed by atoms with Crippen LogP contribution in [-0.4, -0.2) is 35.8 Å². The van der Waals surface area contributed by atoms with Crippen LogP contribution in [-0.2, 0) is 4.79 Å². The Bertz CT molecular complexity index is 1130. The summed E-state index contributed by atoms with van der Waals surface area (Å²) in [6.45, 7) is 1.50. The van der Waals surface area contributed by atoms with Crippen LogP contribution >= 0.6 is 11.6 Å². The predicted octanol–water partition coefficient (Wildman–Crippen LogP) is 4.60. The minimum Gasteiger partial charge on any atom is -0.497 e. The van der Waals surface area contributed by atoms with Gasteiger partial charge in [-0.2, -0.15) is 5.10 Å². The maximum absolute atomic E-state index is 12.3. The normalized spacial score (nSPS) is 16.1. The van der Waals surface area contributed by atoms with Crippen LogP contribution in [0.5, 0.6) is 11.5 Å². The molecular formula is C22H20ClN3O3. The highest BCUT2D eigenvalue weighted by atomic mass is 35.5. The average Bonchev–Trinajstić information content (AvgIpc) is 3.18. The van der Waals surface area contributed by atoms with Crippen molar-refractivity contribution < 1.29 is 14.3 Å². The largest absolute Gasteiger partial charge is 0.497 e. The minimum atomic E-state index is -0.319. The lowest BCUT2D eigenvalue weighted by atomic mass is 9.98. The van der Waals surface area contributed by atoms with E-state index in [4.69, 9.17) is 21.1 Å². The number of carbonyl (C=O) groups excluding carboxylic acids is 1. The van der Waals surface area contributed by atoms with Crippen LogP contribution in [0.1, 0.15) is 30.5 Å². The number of amides is 1. The van der Waals surface area contributed by atoms with Crippen molar-refractivity contribution in [2.24, 2.45) is 5.10 Å². The van der Waals surface area contributed by atoms with Crippen molar-refractivity contribution in [1.82, 2.24) is 9.99 Å². The molecule has 0 saturated carbocycles. The third-order valence-electron chi connectivity index (χ3n) is 5.00. The molecule has 4 rings (SSSR count). The Hall–Kier alpha value is -3.12. The van der Waals surface area contributed by atoms with Crippen LogP contribution in [0.2, 0.25) is 5.15 Å². The Kier molecular flexibility index (Phi) is 5.11. The molecule has 1 aliphatic heterocycles. The van der Waals surface area contributed by atoms with E-state index in [0.29, 0.717) is 17.3 Å². The van der Waals surface area contributed by atoms with Crippen LogP contribution in [0.4, 0.5) is 0 Å². The molecule has 6 nitrogen and oxygen atoms in total. The summed E-state index contributed by atoms with van der Waals surface area (Å²) in [6, 6.07) is 14.9. The van der Waals surface area contributed by atoms with E-state index in [9.17, 15) is 4.79 Å². The number of aromatic nitrogens is 1. The number of benzene rings is 2. The number of hydrogen-bond donors (Lipinski definition) is 0. The van der Waals surface area contributed by atoms with E-state index >= 15 is 0 Å². The van der Waals surface area contributed by atoms with Crippen LogP contribution in [0, 0.1) is 0 Å². The maximum Gasteiger partial charge on any atom is 0.240 e. The summed E-state index contributed by atoms with van der Waals surface area (Å²) < 4.78 is 10.6. The van der Waals surface area contributed by atoms with E-state index in [0.717, 1.165) is 33.5 Å². The van der Waals surface area contributed by atoms with Crippen molar-refractivity contribution >= 4 is 34.1 Å². The maximum atomic E-state index is 12.3. The number of hydrazone groups is 1. The summed E-state index contributed by atoms with van der Waals surface area (Å²) in [7, 11) is 3.23. The number of nitrogens with zero attached hydrogens (tertiary/aromatic N) is 3. The number of halogens is 1. The molecule has 0 fully saturated rings. The summed E-state index contributed by atoms with van der Waals surface area (Å²) in [5.74, 6) is 1.30. The van der Waals surface area contributed by atoms with E-state index < -0.39 is 0 Å². The van der Waals surface area contributed by atoms with Gasteiger partial charge < -0.3 is 9.47 Å². The molecule has 0 N–H and O–H groups in total. The fourth-order valence-corrected chi connectivity index (χ4v) is 3.79. The molecule has 1 atom stereocenters. The lowest BCUT2D eigenvalue weighted by Crippen LogP contribution is -2.24. The quantitative estimate of drug-likeness (QED) is 0.590. The van der Waals surface area contributed by atoms with E-state index in [1.54, 1.807) is 14.2 Å². The van der Waals surface area contributed by atoms with Gasteiger partial charge in [-0.1, -0.05) is 23.7 Å². The Morgan fingerprint density at radius 2 is 1.86 bits per heavy atom. The van der Waals surface area contributed by atoms with Crippen molar-refractivity contribution in [3.8, 4) is 11.5 Å². The van der Waals surface area contributed by atoms with E-state index in [1.165, 1.54) is 11.9 Å². The summed E-state index contributed by atoms with van der Waals surface area (Å²) >= 11 is 6.53. The molecule has 0 spiro atoms. The first kappa shape index (κ1) is 19.2. The first-order chi connectivity index (χ1) is 14.0. The van der Waals surface area contributed by atoms with Crippen LogP contribution in [0.15, 0.2) is 53.6 Å². The number of methoxy groups -OCH3 is 2. The average molecular weight is 410 g/mol. The van der Waals surface area contributed by atoms with Crippen molar-refractivity contribution in [3.63, 3.8) is 0 Å². The van der Waals surface area contributed by atoms with Gasteiger partial charge in [0.05, 0.1) is 31.5 Å². The molecule has 1 amide bonds. The molecule has 0 bridgehead atoms. The molecule has 7 heteroatoms. The van der Waals surface area contributed by atoms with Gasteiger partial charge >= 0.3 is 0 Å². The van der Waals surface area contributed by atoms with Gasteiger partial charge in [0.1, 0.15) is 16.7 Å². The number of pyridine rings is 1. The molecule has 1 unspecified atom stereocenters. The number of hydrogen-bond acceptors (Lipinski definition) is 5. The number of fused-ring (bicyclic) bond motifs is 1. The van der Waals surface area contributed by atoms with Gasteiger partial charge in [0, 0.05) is 35.9 Å². The molecule has 1 aromatic heterocycles. The molecule has 2 aromatic carbocycles. The topological polar surface area (TPSA) is 64.0 Å². The SMILES string of the molecule is COc1cccc(C2=NN(C(C)=O)C(c3cc4ccc(OC)cc4nc3Cl)C2)c1. The lowest BCUT2D eigenvalue weighted by Gasteiger charge is -2.21. The molecular weight excluding hydrogens is 390 g/mol. The summed E-state index contributed by atoms with van der Waals surface area (Å²) in [5.41, 5.74) is 3.21. The fraction of sp³-hybridized carbons (Fsp3) is 0.227. The predicted molar refractivity (Wildman–Crippen MR) is 113 cm³/mol. The zero-order valence-electron chi connectivity index (χ0n) is 16.3. The second-order valence-electron chi connectivity index (χ2n) is 6.79. The monoisotopic (exact) mass is 409 g/mol. The highest BCUT2D eigenvalue weighted by Gasteiger charge is 2.33. The molecule has 0 aliphatic carbocycles. The number of ether oxygens (including phenoxy) is 2. The highest BCUT2D eigenvalue weighted by molar-refractivity contribution is 6.30. The van der Waals surface area contributed by atoms with Crippen LogP contribution in [0.25, 0.3) is 10.9 Å². The molecule has 1 aliphatic rings. The van der Waals surface area contributed by atoms with Crippen molar-refractivity contribution in [3.05, 3.63) is 64.8 Å². The Labute approximate surface area is 173 Å². The number of carbonyl (C=O) groups is 1. The van der Waals surface area contributed by atoms with E-state index in [2.05, 4.69) is 10.1 Å². The van der Waals surface area contributed by atoms with Gasteiger partial charge in [0.2, 0.25) is 5.91 Å². The standard InChI is InChI=1S/C22H20ClN3O3/c1-13(27)26-21(12-20(25-26)14-5-4-6-16(9-14)28-2)18-10-15-7-8-17(29-3)11-19(15)24-22(18)23/h4-11,21H,12H2,1-3H3. The first-order valence-electron chi connectivity index (χ1n) is 9.16. The first-order valence-corrected chi connectivity index (χ1v) is 9.54. The van der Waals surface area contributed by atoms with Gasteiger partial charge in [0.25, 0.3) is 0 Å². The van der Waals surface area contributed by atoms with Crippen molar-refractivity contribution in [1.29, 1.82) is 0 Å². The second kappa shape index (κ2) is 7.72. The molecule has 0 saturated heterocycles. The molecule has 2 heterocycles. The molecule has 0 radical (unpaired) electrons. The van der Waals surface area contributed by atoms with Gasteiger partial charge in [-0.05, 0) is 30.3 Å². The number of rotatable bonds is 4. The lowest BCUT2D eigenvalue weighted by molar-refractivity contribution is -0.130. The zero-order valence-corrected chi connectivity index (χ0v) is 17.1. The molecule has 3 aromatic rings. The van der Waals surface area contributed by atoms with Crippen LogP contribution in [0.3, 0.4) is 0 Å². The molecule has 148 valence electrons.